The molecule has 0 atom stereocenters. The summed E-state index contributed by atoms with van der Waals surface area (Å²) >= 11 is 0. The van der Waals surface area contributed by atoms with Crippen molar-refractivity contribution in [2.75, 3.05) is 10.0 Å². The Hall–Kier alpha value is -2.48. The Morgan fingerprint density at radius 1 is 1.20 bits per heavy atom. The van der Waals surface area contributed by atoms with Crippen LogP contribution in [0, 0.1) is 0 Å². The summed E-state index contributed by atoms with van der Waals surface area (Å²) in [7, 11) is -3.77. The summed E-state index contributed by atoms with van der Waals surface area (Å²) in [6.45, 7) is 0. The number of aromatic nitrogens is 2. The van der Waals surface area contributed by atoms with E-state index in [1.807, 2.05) is 0 Å². The van der Waals surface area contributed by atoms with Crippen molar-refractivity contribution in [3.8, 4) is 0 Å². The highest BCUT2D eigenvalue weighted by molar-refractivity contribution is 7.92. The third-order valence-corrected chi connectivity index (χ3v) is 4.13. The number of amides is 1. The summed E-state index contributed by atoms with van der Waals surface area (Å²) in [5, 5.41) is 2.65. The molecule has 0 bridgehead atoms. The molecule has 0 aliphatic carbocycles. The van der Waals surface area contributed by atoms with Gasteiger partial charge in [-0.2, -0.15) is 0 Å². The fourth-order valence-corrected chi connectivity index (χ4v) is 2.91. The average Bonchev–Trinajstić information content (AvgIpc) is 2.78. The zero-order valence-electron chi connectivity index (χ0n) is 10.2. The van der Waals surface area contributed by atoms with Gasteiger partial charge in [0.25, 0.3) is 10.0 Å². The summed E-state index contributed by atoms with van der Waals surface area (Å²) in [6, 6.07) is 6.05. The third-order valence-electron chi connectivity index (χ3n) is 2.80. The number of nitrogens with zero attached hydrogens (tertiary/aromatic N) is 2. The molecule has 0 unspecified atom stereocenters. The molecule has 1 aliphatic rings. The molecule has 1 aliphatic heterocycles. The van der Waals surface area contributed by atoms with Gasteiger partial charge in [0.1, 0.15) is 0 Å². The summed E-state index contributed by atoms with van der Waals surface area (Å²) in [6.07, 6.45) is 3.06. The van der Waals surface area contributed by atoms with Gasteiger partial charge in [-0.3, -0.25) is 4.79 Å². The van der Waals surface area contributed by atoms with E-state index >= 15 is 0 Å². The van der Waals surface area contributed by atoms with Crippen molar-refractivity contribution in [3.05, 3.63) is 42.2 Å². The van der Waals surface area contributed by atoms with E-state index in [1.54, 1.807) is 12.1 Å². The second kappa shape index (κ2) is 4.57. The highest BCUT2D eigenvalue weighted by Gasteiger charge is 2.22. The average molecular weight is 290 g/mol. The van der Waals surface area contributed by atoms with Crippen LogP contribution in [0.3, 0.4) is 0 Å². The van der Waals surface area contributed by atoms with Crippen LogP contribution < -0.4 is 10.0 Å². The van der Waals surface area contributed by atoms with Gasteiger partial charge in [-0.05, 0) is 29.8 Å². The minimum atomic E-state index is -3.77. The van der Waals surface area contributed by atoms with Crippen LogP contribution in [0.1, 0.15) is 5.56 Å². The monoisotopic (exact) mass is 290 g/mol. The van der Waals surface area contributed by atoms with E-state index < -0.39 is 10.0 Å². The molecule has 0 spiro atoms. The van der Waals surface area contributed by atoms with E-state index in [-0.39, 0.29) is 23.2 Å². The van der Waals surface area contributed by atoms with E-state index in [4.69, 9.17) is 0 Å². The molecular formula is C12H10N4O3S. The standard InChI is InChI=1S/C12H10N4O3S/c17-11-7-8-6-9(2-3-10(8)15-11)20(18,19)16-12-13-4-1-5-14-12/h1-6H,7H2,(H,15,17)(H,13,14,16). The maximum atomic E-state index is 12.2. The molecule has 2 N–H and O–H groups in total. The molecule has 1 aromatic carbocycles. The minimum Gasteiger partial charge on any atom is -0.326 e. The number of hydrogen-bond acceptors (Lipinski definition) is 5. The Morgan fingerprint density at radius 3 is 2.70 bits per heavy atom. The Balaban J connectivity index is 1.93. The van der Waals surface area contributed by atoms with Crippen LogP contribution in [-0.2, 0) is 21.2 Å². The lowest BCUT2D eigenvalue weighted by atomic mass is 10.2. The maximum Gasteiger partial charge on any atom is 0.264 e. The van der Waals surface area contributed by atoms with Crippen LogP contribution >= 0.6 is 0 Å². The summed E-state index contributed by atoms with van der Waals surface area (Å²) in [4.78, 5) is 18.9. The van der Waals surface area contributed by atoms with Gasteiger partial charge in [0.2, 0.25) is 11.9 Å². The SMILES string of the molecule is O=C1Cc2cc(S(=O)(=O)Nc3ncccn3)ccc2N1. The van der Waals surface area contributed by atoms with E-state index in [0.717, 1.165) is 0 Å². The molecule has 0 saturated heterocycles. The molecule has 7 nitrogen and oxygen atoms in total. The quantitative estimate of drug-likeness (QED) is 0.869. The Bertz CT molecular complexity index is 775. The first kappa shape index (κ1) is 12.5. The first-order valence-electron chi connectivity index (χ1n) is 5.77. The zero-order valence-corrected chi connectivity index (χ0v) is 11.0. The smallest absolute Gasteiger partial charge is 0.264 e. The number of carbonyl (C=O) groups is 1. The van der Waals surface area contributed by atoms with Gasteiger partial charge < -0.3 is 5.32 Å². The number of rotatable bonds is 3. The number of nitrogens with one attached hydrogen (secondary N) is 2. The second-order valence-corrected chi connectivity index (χ2v) is 5.90. The summed E-state index contributed by atoms with van der Waals surface area (Å²) < 4.78 is 26.7. The predicted molar refractivity (Wildman–Crippen MR) is 71.6 cm³/mol. The van der Waals surface area contributed by atoms with Crippen LogP contribution in [0.4, 0.5) is 11.6 Å². The van der Waals surface area contributed by atoms with Crippen molar-refractivity contribution < 1.29 is 13.2 Å². The number of carbonyl (C=O) groups excluding carboxylic acids is 1. The van der Waals surface area contributed by atoms with Crippen LogP contribution in [0.15, 0.2) is 41.6 Å². The topological polar surface area (TPSA) is 101 Å². The molecule has 3 rings (SSSR count). The van der Waals surface area contributed by atoms with Crippen LogP contribution in [0.2, 0.25) is 0 Å². The van der Waals surface area contributed by atoms with Crippen molar-refractivity contribution in [2.24, 2.45) is 0 Å². The Kier molecular flexibility index (Phi) is 2.87. The van der Waals surface area contributed by atoms with Crippen LogP contribution in [-0.4, -0.2) is 24.3 Å². The molecule has 0 saturated carbocycles. The molecular weight excluding hydrogens is 280 g/mol. The number of benzene rings is 1. The molecule has 20 heavy (non-hydrogen) atoms. The highest BCUT2D eigenvalue weighted by atomic mass is 32.2. The Morgan fingerprint density at radius 2 is 1.95 bits per heavy atom. The summed E-state index contributed by atoms with van der Waals surface area (Å²) in [5.74, 6) is -0.143. The van der Waals surface area contributed by atoms with Gasteiger partial charge >= 0.3 is 0 Å². The van der Waals surface area contributed by atoms with Crippen molar-refractivity contribution >= 4 is 27.6 Å². The first-order valence-corrected chi connectivity index (χ1v) is 7.25. The van der Waals surface area contributed by atoms with Gasteiger partial charge in [-0.25, -0.2) is 23.1 Å². The van der Waals surface area contributed by atoms with Crippen LogP contribution in [0.5, 0.6) is 0 Å². The fraction of sp³-hybridized carbons (Fsp3) is 0.0833. The minimum absolute atomic E-state index is 0.00204. The molecule has 0 fully saturated rings. The van der Waals surface area contributed by atoms with E-state index in [2.05, 4.69) is 20.0 Å². The normalized spacial score (nSPS) is 13.7. The largest absolute Gasteiger partial charge is 0.326 e. The zero-order chi connectivity index (χ0) is 14.2. The van der Waals surface area contributed by atoms with Crippen molar-refractivity contribution in [2.45, 2.75) is 11.3 Å². The maximum absolute atomic E-state index is 12.2. The van der Waals surface area contributed by atoms with Crippen molar-refractivity contribution in [1.82, 2.24) is 9.97 Å². The molecule has 0 radical (unpaired) electrons. The lowest BCUT2D eigenvalue weighted by Crippen LogP contribution is -2.15. The van der Waals surface area contributed by atoms with Gasteiger partial charge in [-0.15, -0.1) is 0 Å². The third kappa shape index (κ3) is 2.32. The second-order valence-electron chi connectivity index (χ2n) is 4.22. The lowest BCUT2D eigenvalue weighted by Gasteiger charge is -2.07. The first-order chi connectivity index (χ1) is 9.54. The number of fused-ring (bicyclic) bond motifs is 1. The van der Waals surface area contributed by atoms with E-state index in [1.165, 1.54) is 24.5 Å². The van der Waals surface area contributed by atoms with Gasteiger partial charge in [0, 0.05) is 18.1 Å². The fourth-order valence-electron chi connectivity index (χ4n) is 1.90. The molecule has 102 valence electrons. The van der Waals surface area contributed by atoms with Crippen molar-refractivity contribution in [1.29, 1.82) is 0 Å². The number of hydrogen-bond donors (Lipinski definition) is 2. The van der Waals surface area contributed by atoms with Crippen molar-refractivity contribution in [3.63, 3.8) is 0 Å². The summed E-state index contributed by atoms with van der Waals surface area (Å²) in [5.41, 5.74) is 1.30. The highest BCUT2D eigenvalue weighted by Crippen LogP contribution is 2.26. The van der Waals surface area contributed by atoms with Gasteiger partial charge in [0.15, 0.2) is 0 Å². The lowest BCUT2D eigenvalue weighted by molar-refractivity contribution is -0.115. The van der Waals surface area contributed by atoms with E-state index in [9.17, 15) is 13.2 Å². The molecule has 1 amide bonds. The molecule has 2 aromatic rings. The Labute approximate surface area is 115 Å². The van der Waals surface area contributed by atoms with Gasteiger partial charge in [0.05, 0.1) is 11.3 Å². The van der Waals surface area contributed by atoms with Crippen LogP contribution in [0.25, 0.3) is 0 Å². The predicted octanol–water partition coefficient (Wildman–Crippen LogP) is 0.772. The molecule has 8 heteroatoms. The number of sulfonamides is 1. The van der Waals surface area contributed by atoms with Gasteiger partial charge in [-0.1, -0.05) is 0 Å². The number of anilines is 2. The molecule has 2 heterocycles. The van der Waals surface area contributed by atoms with E-state index in [0.29, 0.717) is 11.3 Å². The molecule has 1 aromatic heterocycles.